The van der Waals surface area contributed by atoms with Gasteiger partial charge < -0.3 is 4.74 Å². The van der Waals surface area contributed by atoms with E-state index in [2.05, 4.69) is 25.1 Å². The molecule has 9 nitrogen and oxygen atoms in total. The van der Waals surface area contributed by atoms with E-state index in [-0.39, 0.29) is 23.9 Å². The molecule has 1 N–H and O–H groups in total. The molecular weight excluding hydrogens is 300 g/mol. The van der Waals surface area contributed by atoms with Gasteiger partial charge >= 0.3 is 11.9 Å². The van der Waals surface area contributed by atoms with Crippen molar-refractivity contribution in [1.29, 1.82) is 5.26 Å². The number of nitrogens with one attached hydrogen (secondary N) is 1. The lowest BCUT2D eigenvalue weighted by atomic mass is 10.3. The number of hydrogen-bond donors (Lipinski definition) is 1. The van der Waals surface area contributed by atoms with Gasteiger partial charge in [-0.25, -0.2) is 14.8 Å². The van der Waals surface area contributed by atoms with Gasteiger partial charge in [0.2, 0.25) is 0 Å². The highest BCUT2D eigenvalue weighted by Gasteiger charge is 2.21. The molecule has 0 spiro atoms. The largest absolute Gasteiger partial charge is 0.459 e. The molecule has 0 aliphatic heterocycles. The maximum absolute atomic E-state index is 11.8. The van der Waals surface area contributed by atoms with Crippen LogP contribution in [0.4, 0.5) is 5.82 Å². The molecule has 0 saturated heterocycles. The third-order valence-electron chi connectivity index (χ3n) is 2.74. The molecule has 2 aromatic heterocycles. The number of nitrogens with zero attached hydrogens (tertiary/aromatic N) is 5. The third-order valence-corrected chi connectivity index (χ3v) is 2.74. The summed E-state index contributed by atoms with van der Waals surface area (Å²) < 4.78 is 5.81. The number of anilines is 1. The lowest BCUT2D eigenvalue weighted by Crippen LogP contribution is -2.27. The average Bonchev–Trinajstić information content (AvgIpc) is 2.89. The molecule has 2 aromatic rings. The molecule has 0 aliphatic carbocycles. The lowest BCUT2D eigenvalue weighted by Gasteiger charge is -2.08. The molecule has 118 valence electrons. The Balaban J connectivity index is 2.43. The minimum Gasteiger partial charge on any atom is -0.459 e. The summed E-state index contributed by atoms with van der Waals surface area (Å²) in [5.74, 6) is -1.86. The lowest BCUT2D eigenvalue weighted by molar-refractivity contribution is -0.152. The Hall–Kier alpha value is -3.28. The predicted molar refractivity (Wildman–Crippen MR) is 78.6 cm³/mol. The van der Waals surface area contributed by atoms with Gasteiger partial charge in [-0.05, 0) is 26.8 Å². The van der Waals surface area contributed by atoms with Gasteiger partial charge in [0.25, 0.3) is 5.95 Å². The first-order chi connectivity index (χ1) is 11.0. The highest BCUT2D eigenvalue weighted by atomic mass is 16.5. The highest BCUT2D eigenvalue weighted by molar-refractivity contribution is 6.37. The van der Waals surface area contributed by atoms with Gasteiger partial charge in [-0.3, -0.25) is 10.1 Å². The molecular formula is C14H14N6O3. The molecule has 9 heteroatoms. The third kappa shape index (κ3) is 3.49. The van der Waals surface area contributed by atoms with Crippen molar-refractivity contribution in [2.75, 3.05) is 11.9 Å². The van der Waals surface area contributed by atoms with Crippen molar-refractivity contribution in [3.8, 4) is 12.0 Å². The van der Waals surface area contributed by atoms with Crippen molar-refractivity contribution >= 4 is 17.7 Å². The van der Waals surface area contributed by atoms with Gasteiger partial charge in [0.05, 0.1) is 12.8 Å². The number of rotatable bonds is 3. The van der Waals surface area contributed by atoms with Crippen LogP contribution in [0, 0.1) is 25.2 Å². The molecule has 0 atom stereocenters. The second kappa shape index (κ2) is 6.65. The summed E-state index contributed by atoms with van der Waals surface area (Å²) in [6, 6.07) is 3.66. The summed E-state index contributed by atoms with van der Waals surface area (Å²) in [5.41, 5.74) is 1.47. The minimum atomic E-state index is -1.05. The minimum absolute atomic E-state index is 0.00977. The van der Waals surface area contributed by atoms with Gasteiger partial charge in [0.1, 0.15) is 11.6 Å². The molecule has 0 aromatic carbocycles. The molecule has 2 heterocycles. The van der Waals surface area contributed by atoms with Crippen LogP contribution in [-0.2, 0) is 14.3 Å². The number of ether oxygens (including phenoxy) is 1. The first-order valence-electron chi connectivity index (χ1n) is 6.75. The molecule has 0 radical (unpaired) electrons. The molecule has 1 amide bonds. The standard InChI is InChI=1S/C14H14N6O3/c1-4-23-13(22)12(21)19-11-10(6-15)7-16-20(11)14-17-8(2)5-9(3)18-14/h5,7H,4H2,1-3H3,(H,19,21). The van der Waals surface area contributed by atoms with Crippen molar-refractivity contribution in [3.63, 3.8) is 0 Å². The summed E-state index contributed by atoms with van der Waals surface area (Å²) in [7, 11) is 0. The van der Waals surface area contributed by atoms with Gasteiger partial charge in [0.15, 0.2) is 5.82 Å². The van der Waals surface area contributed by atoms with Crippen molar-refractivity contribution in [2.24, 2.45) is 0 Å². The van der Waals surface area contributed by atoms with Gasteiger partial charge in [-0.2, -0.15) is 15.0 Å². The van der Waals surface area contributed by atoms with E-state index in [1.54, 1.807) is 26.8 Å². The molecule has 23 heavy (non-hydrogen) atoms. The average molecular weight is 314 g/mol. The second-order valence-corrected chi connectivity index (χ2v) is 4.56. The number of carbonyl (C=O) groups is 2. The number of esters is 1. The van der Waals surface area contributed by atoms with E-state index in [1.165, 1.54) is 10.9 Å². The van der Waals surface area contributed by atoms with Crippen molar-refractivity contribution in [1.82, 2.24) is 19.7 Å². The maximum atomic E-state index is 11.8. The Morgan fingerprint density at radius 1 is 1.35 bits per heavy atom. The van der Waals surface area contributed by atoms with Gasteiger partial charge in [0, 0.05) is 11.4 Å². The van der Waals surface area contributed by atoms with Crippen molar-refractivity contribution < 1.29 is 14.3 Å². The number of carbonyl (C=O) groups excluding carboxylic acids is 2. The van der Waals surface area contributed by atoms with Crippen LogP contribution in [0.2, 0.25) is 0 Å². The summed E-state index contributed by atoms with van der Waals surface area (Å²) in [6.07, 6.45) is 1.25. The first kappa shape index (κ1) is 16.1. The molecule has 0 saturated carbocycles. The quantitative estimate of drug-likeness (QED) is 0.651. The van der Waals surface area contributed by atoms with E-state index in [9.17, 15) is 9.59 Å². The van der Waals surface area contributed by atoms with E-state index >= 15 is 0 Å². The van der Waals surface area contributed by atoms with Crippen molar-refractivity contribution in [2.45, 2.75) is 20.8 Å². The fourth-order valence-electron chi connectivity index (χ4n) is 1.86. The predicted octanol–water partition coefficient (Wildman–Crippen LogP) is 0.652. The summed E-state index contributed by atoms with van der Waals surface area (Å²) in [6.45, 7) is 5.21. The normalized spacial score (nSPS) is 10.0. The number of nitriles is 1. The number of hydrogen-bond acceptors (Lipinski definition) is 7. The molecule has 0 bridgehead atoms. The molecule has 0 aliphatic rings. The fourth-order valence-corrected chi connectivity index (χ4v) is 1.86. The van der Waals surface area contributed by atoms with Crippen molar-refractivity contribution in [3.05, 3.63) is 29.2 Å². The smallest absolute Gasteiger partial charge is 0.397 e. The topological polar surface area (TPSA) is 123 Å². The Bertz CT molecular complexity index is 785. The Morgan fingerprint density at radius 3 is 2.57 bits per heavy atom. The summed E-state index contributed by atoms with van der Waals surface area (Å²) in [5, 5.41) is 15.4. The summed E-state index contributed by atoms with van der Waals surface area (Å²) in [4.78, 5) is 31.7. The monoisotopic (exact) mass is 314 g/mol. The maximum Gasteiger partial charge on any atom is 0.397 e. The zero-order valence-corrected chi connectivity index (χ0v) is 12.8. The zero-order chi connectivity index (χ0) is 17.0. The van der Waals surface area contributed by atoms with Crippen LogP contribution >= 0.6 is 0 Å². The SMILES string of the molecule is CCOC(=O)C(=O)Nc1c(C#N)cnn1-c1nc(C)cc(C)n1. The van der Waals surface area contributed by atoms with E-state index in [0.717, 1.165) is 0 Å². The highest BCUT2D eigenvalue weighted by Crippen LogP contribution is 2.18. The first-order valence-corrected chi connectivity index (χ1v) is 6.75. The van der Waals surface area contributed by atoms with Gasteiger partial charge in [-0.1, -0.05) is 0 Å². The molecule has 2 rings (SSSR count). The Kier molecular flexibility index (Phi) is 4.66. The van der Waals surface area contributed by atoms with Crippen LogP contribution in [0.1, 0.15) is 23.9 Å². The second-order valence-electron chi connectivity index (χ2n) is 4.56. The van der Waals surface area contributed by atoms with Crippen LogP contribution in [0.15, 0.2) is 12.3 Å². The van der Waals surface area contributed by atoms with E-state index < -0.39 is 11.9 Å². The number of amides is 1. The zero-order valence-electron chi connectivity index (χ0n) is 12.8. The van der Waals surface area contributed by atoms with Crippen LogP contribution in [0.25, 0.3) is 5.95 Å². The molecule has 0 fully saturated rings. The van der Waals surface area contributed by atoms with Crippen LogP contribution in [0.5, 0.6) is 0 Å². The molecule has 0 unspecified atom stereocenters. The Morgan fingerprint density at radius 2 is 2.00 bits per heavy atom. The van der Waals surface area contributed by atoms with E-state index in [0.29, 0.717) is 11.4 Å². The number of aromatic nitrogens is 4. The fraction of sp³-hybridized carbons (Fsp3) is 0.286. The van der Waals surface area contributed by atoms with E-state index in [1.807, 2.05) is 6.07 Å². The van der Waals surface area contributed by atoms with Crippen LogP contribution in [0.3, 0.4) is 0 Å². The van der Waals surface area contributed by atoms with E-state index in [4.69, 9.17) is 5.26 Å². The van der Waals surface area contributed by atoms with Gasteiger partial charge in [-0.15, -0.1) is 0 Å². The number of aryl methyl sites for hydroxylation is 2. The summed E-state index contributed by atoms with van der Waals surface area (Å²) >= 11 is 0. The van der Waals surface area contributed by atoms with Crippen LogP contribution < -0.4 is 5.32 Å². The van der Waals surface area contributed by atoms with Crippen LogP contribution in [-0.4, -0.2) is 38.2 Å². The Labute approximate surface area is 131 Å².